The Kier molecular flexibility index (Phi) is 4.47. The average molecular weight is 260 g/mol. The van der Waals surface area contributed by atoms with Gasteiger partial charge in [-0.3, -0.25) is 9.59 Å². The molecular formula is C12H11F3O3. The Balaban J connectivity index is 2.70. The molecule has 0 aliphatic heterocycles. The third-order valence-electron chi connectivity index (χ3n) is 1.98. The number of hydrogen-bond acceptors (Lipinski definition) is 3. The highest BCUT2D eigenvalue weighted by Gasteiger charge is 2.31. The summed E-state index contributed by atoms with van der Waals surface area (Å²) in [5.41, 5.74) is 0.378. The van der Waals surface area contributed by atoms with Crippen molar-refractivity contribution in [3.05, 3.63) is 29.8 Å². The number of rotatable bonds is 5. The van der Waals surface area contributed by atoms with E-state index in [1.807, 2.05) is 0 Å². The summed E-state index contributed by atoms with van der Waals surface area (Å²) in [6.07, 6.45) is -5.07. The third kappa shape index (κ3) is 5.47. The van der Waals surface area contributed by atoms with Gasteiger partial charge in [-0.15, -0.1) is 13.2 Å². The van der Waals surface area contributed by atoms with Crippen molar-refractivity contribution >= 4 is 11.6 Å². The lowest BCUT2D eigenvalue weighted by Gasteiger charge is -2.09. The van der Waals surface area contributed by atoms with Gasteiger partial charge >= 0.3 is 6.36 Å². The Bertz CT molecular complexity index is 452. The number of benzene rings is 1. The lowest BCUT2D eigenvalue weighted by Crippen LogP contribution is -2.17. The highest BCUT2D eigenvalue weighted by atomic mass is 19.4. The molecule has 0 atom stereocenters. The van der Waals surface area contributed by atoms with Crippen LogP contribution in [0.2, 0.25) is 0 Å². The van der Waals surface area contributed by atoms with Crippen LogP contribution < -0.4 is 4.74 Å². The summed E-state index contributed by atoms with van der Waals surface area (Å²) in [7, 11) is 0. The molecule has 0 radical (unpaired) electrons. The van der Waals surface area contributed by atoms with Crippen LogP contribution in [0.1, 0.15) is 18.9 Å². The number of hydrogen-bond donors (Lipinski definition) is 0. The molecule has 0 fully saturated rings. The van der Waals surface area contributed by atoms with Gasteiger partial charge in [-0.05, 0) is 24.6 Å². The van der Waals surface area contributed by atoms with Crippen molar-refractivity contribution in [3.8, 4) is 5.75 Å². The van der Waals surface area contributed by atoms with Crippen molar-refractivity contribution < 1.29 is 27.5 Å². The van der Waals surface area contributed by atoms with E-state index < -0.39 is 6.36 Å². The van der Waals surface area contributed by atoms with Gasteiger partial charge in [0.1, 0.15) is 17.3 Å². The highest BCUT2D eigenvalue weighted by molar-refractivity contribution is 5.98. The molecule has 0 unspecified atom stereocenters. The van der Waals surface area contributed by atoms with Crippen LogP contribution in [-0.4, -0.2) is 17.9 Å². The lowest BCUT2D eigenvalue weighted by atomic mass is 10.1. The van der Waals surface area contributed by atoms with E-state index in [2.05, 4.69) is 4.74 Å². The summed E-state index contributed by atoms with van der Waals surface area (Å²) in [6.45, 7) is 1.28. The van der Waals surface area contributed by atoms with Gasteiger partial charge in [0.05, 0.1) is 6.42 Å². The van der Waals surface area contributed by atoms with Crippen molar-refractivity contribution in [2.24, 2.45) is 0 Å². The second kappa shape index (κ2) is 5.66. The normalized spacial score (nSPS) is 11.1. The number of Topliss-reactive ketones (excluding diaryl/α,β-unsaturated/α-hetero) is 2. The molecule has 0 saturated heterocycles. The van der Waals surface area contributed by atoms with Gasteiger partial charge < -0.3 is 4.74 Å². The third-order valence-corrected chi connectivity index (χ3v) is 1.98. The molecule has 0 aromatic heterocycles. The minimum Gasteiger partial charge on any atom is -0.406 e. The fourth-order valence-electron chi connectivity index (χ4n) is 1.42. The Labute approximate surface area is 102 Å². The maximum atomic E-state index is 12.0. The van der Waals surface area contributed by atoms with Gasteiger partial charge in [-0.2, -0.15) is 0 Å². The summed E-state index contributed by atoms with van der Waals surface area (Å²) >= 11 is 0. The molecule has 0 amide bonds. The molecule has 0 aliphatic carbocycles. The smallest absolute Gasteiger partial charge is 0.406 e. The van der Waals surface area contributed by atoms with E-state index >= 15 is 0 Å². The summed E-state index contributed by atoms with van der Waals surface area (Å²) in [6, 6.07) is 5.14. The molecule has 0 saturated carbocycles. The topological polar surface area (TPSA) is 43.4 Å². The predicted molar refractivity (Wildman–Crippen MR) is 57.1 cm³/mol. The van der Waals surface area contributed by atoms with Gasteiger partial charge in [0.2, 0.25) is 0 Å². The van der Waals surface area contributed by atoms with Crippen molar-refractivity contribution in [2.45, 2.75) is 26.1 Å². The first kappa shape index (κ1) is 14.2. The zero-order valence-corrected chi connectivity index (χ0v) is 9.58. The fourth-order valence-corrected chi connectivity index (χ4v) is 1.42. The van der Waals surface area contributed by atoms with E-state index in [0.717, 1.165) is 12.1 Å². The Hall–Kier alpha value is -1.85. The molecule has 1 rings (SSSR count). The van der Waals surface area contributed by atoms with Crippen LogP contribution in [-0.2, 0) is 16.0 Å². The molecule has 0 bridgehead atoms. The van der Waals surface area contributed by atoms with E-state index in [1.165, 1.54) is 19.1 Å². The first-order valence-electron chi connectivity index (χ1n) is 5.12. The summed E-state index contributed by atoms with van der Waals surface area (Å²) in [5, 5.41) is 0. The number of halogens is 3. The van der Waals surface area contributed by atoms with Crippen molar-refractivity contribution in [1.82, 2.24) is 0 Å². The van der Waals surface area contributed by atoms with Crippen molar-refractivity contribution in [2.75, 3.05) is 0 Å². The number of ether oxygens (including phenoxy) is 1. The molecule has 0 aliphatic rings. The van der Waals surface area contributed by atoms with Gasteiger partial charge in [0.25, 0.3) is 0 Å². The quantitative estimate of drug-likeness (QED) is 0.764. The first-order valence-corrected chi connectivity index (χ1v) is 5.12. The monoisotopic (exact) mass is 260 g/mol. The van der Waals surface area contributed by atoms with E-state index in [9.17, 15) is 22.8 Å². The van der Waals surface area contributed by atoms with Crippen LogP contribution >= 0.6 is 0 Å². The Morgan fingerprint density at radius 2 is 1.94 bits per heavy atom. The summed E-state index contributed by atoms with van der Waals surface area (Å²) in [4.78, 5) is 22.0. The summed E-state index contributed by atoms with van der Waals surface area (Å²) in [5.74, 6) is -0.995. The van der Waals surface area contributed by atoms with Crippen LogP contribution in [0.25, 0.3) is 0 Å². The van der Waals surface area contributed by atoms with E-state index in [0.29, 0.717) is 5.56 Å². The first-order chi connectivity index (χ1) is 8.26. The Morgan fingerprint density at radius 1 is 1.28 bits per heavy atom. The minimum absolute atomic E-state index is 0.0887. The van der Waals surface area contributed by atoms with Crippen LogP contribution in [0.4, 0.5) is 13.2 Å². The maximum Gasteiger partial charge on any atom is 0.573 e. The zero-order chi connectivity index (χ0) is 13.8. The molecule has 6 heteroatoms. The number of ketones is 2. The van der Waals surface area contributed by atoms with Crippen molar-refractivity contribution in [3.63, 3.8) is 0 Å². The molecule has 18 heavy (non-hydrogen) atoms. The van der Waals surface area contributed by atoms with E-state index in [1.54, 1.807) is 0 Å². The molecule has 3 nitrogen and oxygen atoms in total. The van der Waals surface area contributed by atoms with Crippen LogP contribution in [0, 0.1) is 0 Å². The summed E-state index contributed by atoms with van der Waals surface area (Å²) < 4.78 is 39.6. The number of carbonyl (C=O) groups excluding carboxylic acids is 2. The van der Waals surface area contributed by atoms with Crippen molar-refractivity contribution in [1.29, 1.82) is 0 Å². The van der Waals surface area contributed by atoms with Gasteiger partial charge in [0, 0.05) is 6.42 Å². The largest absolute Gasteiger partial charge is 0.573 e. The average Bonchev–Trinajstić information content (AvgIpc) is 2.13. The standard InChI is InChI=1S/C12H11F3O3/c1-8(16)5-10(17)6-9-3-2-4-11(7-9)18-12(13,14)15/h2-4,7H,5-6H2,1H3. The highest BCUT2D eigenvalue weighted by Crippen LogP contribution is 2.23. The molecule has 98 valence electrons. The van der Waals surface area contributed by atoms with Crippen LogP contribution in [0.15, 0.2) is 24.3 Å². The molecular weight excluding hydrogens is 249 g/mol. The lowest BCUT2D eigenvalue weighted by molar-refractivity contribution is -0.274. The predicted octanol–water partition coefficient (Wildman–Crippen LogP) is 2.68. The van der Waals surface area contributed by atoms with E-state index in [-0.39, 0.29) is 30.2 Å². The second-order valence-corrected chi connectivity index (χ2v) is 3.79. The molecule has 1 aromatic carbocycles. The zero-order valence-electron chi connectivity index (χ0n) is 9.58. The number of carbonyl (C=O) groups is 2. The van der Waals surface area contributed by atoms with E-state index in [4.69, 9.17) is 0 Å². The van der Waals surface area contributed by atoms with Crippen LogP contribution in [0.5, 0.6) is 5.75 Å². The molecule has 1 aromatic rings. The van der Waals surface area contributed by atoms with Gasteiger partial charge in [-0.1, -0.05) is 12.1 Å². The molecule has 0 N–H and O–H groups in total. The second-order valence-electron chi connectivity index (χ2n) is 3.79. The van der Waals surface area contributed by atoms with Crippen LogP contribution in [0.3, 0.4) is 0 Å². The minimum atomic E-state index is -4.76. The SMILES string of the molecule is CC(=O)CC(=O)Cc1cccc(OC(F)(F)F)c1. The maximum absolute atomic E-state index is 12.0. The molecule has 0 heterocycles. The number of alkyl halides is 3. The van der Waals surface area contributed by atoms with Gasteiger partial charge in [0.15, 0.2) is 0 Å². The fraction of sp³-hybridized carbons (Fsp3) is 0.333. The molecule has 0 spiro atoms. The van der Waals surface area contributed by atoms with Gasteiger partial charge in [-0.25, -0.2) is 0 Å². The Morgan fingerprint density at radius 3 is 2.50 bits per heavy atom.